The number of nitrogens with one attached hydrogen (secondary N) is 1. The summed E-state index contributed by atoms with van der Waals surface area (Å²) in [6, 6.07) is 15.9. The Bertz CT molecular complexity index is 845. The number of rotatable bonds is 5. The molecule has 1 N–H and O–H groups in total. The number of carbonyl (C=O) groups excluding carboxylic acids is 2. The van der Waals surface area contributed by atoms with Crippen LogP contribution in [0.5, 0.6) is 0 Å². The Kier molecular flexibility index (Phi) is 4.83. The minimum atomic E-state index is -0.0455. The van der Waals surface area contributed by atoms with Crippen LogP contribution in [0.2, 0.25) is 0 Å². The Morgan fingerprint density at radius 3 is 2.33 bits per heavy atom. The molecule has 0 radical (unpaired) electrons. The Balaban J connectivity index is 1.52. The van der Waals surface area contributed by atoms with Gasteiger partial charge in [0.25, 0.3) is 0 Å². The summed E-state index contributed by atoms with van der Waals surface area (Å²) >= 11 is 1.63. The Morgan fingerprint density at radius 2 is 1.74 bits per heavy atom. The quantitative estimate of drug-likeness (QED) is 0.854. The molecule has 0 unspecified atom stereocenters. The average Bonchev–Trinajstić information content (AvgIpc) is 3.45. The van der Waals surface area contributed by atoms with Gasteiger partial charge in [-0.2, -0.15) is 0 Å². The van der Waals surface area contributed by atoms with Gasteiger partial charge in [0.05, 0.1) is 5.75 Å². The van der Waals surface area contributed by atoms with E-state index in [0.29, 0.717) is 5.75 Å². The highest BCUT2D eigenvalue weighted by molar-refractivity contribution is 8.00. The molecular weight excluding hydrogens is 358 g/mol. The normalized spacial score (nSPS) is 19.3. The van der Waals surface area contributed by atoms with Gasteiger partial charge in [-0.1, -0.05) is 12.1 Å². The van der Waals surface area contributed by atoms with E-state index in [1.807, 2.05) is 72.4 Å². The largest absolute Gasteiger partial charge is 0.378 e. The van der Waals surface area contributed by atoms with E-state index in [4.69, 9.17) is 0 Å². The second kappa shape index (κ2) is 7.27. The molecule has 1 aliphatic carbocycles. The molecule has 0 spiro atoms. The smallest absolute Gasteiger partial charge is 0.238 e. The van der Waals surface area contributed by atoms with Crippen LogP contribution in [0, 0.1) is 5.92 Å². The van der Waals surface area contributed by atoms with Gasteiger partial charge >= 0.3 is 0 Å². The monoisotopic (exact) mass is 381 g/mol. The Labute approximate surface area is 163 Å². The standard InChI is InChI=1S/C21H23N3O2S/c1-23(2)17-9-11-18(12-10-17)24-19(25)13-27-21(24)15-5-7-16(8-6-15)22-20(26)14-3-4-14/h5-12,14,21H,3-4,13H2,1-2H3,(H,22,26)/t21-/m0/s1. The van der Waals surface area contributed by atoms with Crippen LogP contribution in [0.25, 0.3) is 0 Å². The molecule has 1 heterocycles. The fraction of sp³-hybridized carbons (Fsp3) is 0.333. The van der Waals surface area contributed by atoms with E-state index >= 15 is 0 Å². The molecule has 6 heteroatoms. The third kappa shape index (κ3) is 3.81. The van der Waals surface area contributed by atoms with Gasteiger partial charge < -0.3 is 10.2 Å². The number of thioether (sulfide) groups is 1. The summed E-state index contributed by atoms with van der Waals surface area (Å²) in [5.74, 6) is 0.887. The lowest BCUT2D eigenvalue weighted by Crippen LogP contribution is -2.27. The molecule has 1 aliphatic heterocycles. The molecule has 2 fully saturated rings. The van der Waals surface area contributed by atoms with Crippen LogP contribution in [0.15, 0.2) is 48.5 Å². The van der Waals surface area contributed by atoms with E-state index < -0.39 is 0 Å². The molecule has 4 rings (SSSR count). The zero-order valence-electron chi connectivity index (χ0n) is 15.5. The lowest BCUT2D eigenvalue weighted by atomic mass is 10.1. The van der Waals surface area contributed by atoms with Crippen molar-refractivity contribution in [1.82, 2.24) is 0 Å². The molecule has 2 aromatic rings. The zero-order valence-corrected chi connectivity index (χ0v) is 16.3. The van der Waals surface area contributed by atoms with Crippen molar-refractivity contribution in [2.45, 2.75) is 18.2 Å². The predicted molar refractivity (Wildman–Crippen MR) is 111 cm³/mol. The molecule has 1 saturated heterocycles. The summed E-state index contributed by atoms with van der Waals surface area (Å²) in [6.07, 6.45) is 1.98. The SMILES string of the molecule is CN(C)c1ccc(N2C(=O)CS[C@H]2c2ccc(NC(=O)C3CC3)cc2)cc1. The lowest BCUT2D eigenvalue weighted by Gasteiger charge is -2.25. The highest BCUT2D eigenvalue weighted by atomic mass is 32.2. The van der Waals surface area contributed by atoms with E-state index in [1.54, 1.807) is 11.8 Å². The molecule has 27 heavy (non-hydrogen) atoms. The minimum Gasteiger partial charge on any atom is -0.378 e. The topological polar surface area (TPSA) is 52.6 Å². The molecule has 1 saturated carbocycles. The van der Waals surface area contributed by atoms with Crippen LogP contribution in [0.3, 0.4) is 0 Å². The fourth-order valence-electron chi connectivity index (χ4n) is 3.18. The number of hydrogen-bond donors (Lipinski definition) is 1. The van der Waals surface area contributed by atoms with E-state index in [0.717, 1.165) is 35.5 Å². The van der Waals surface area contributed by atoms with E-state index in [1.165, 1.54) is 0 Å². The first-order valence-corrected chi connectivity index (χ1v) is 10.2. The first-order valence-electron chi connectivity index (χ1n) is 9.15. The molecule has 5 nitrogen and oxygen atoms in total. The summed E-state index contributed by atoms with van der Waals surface area (Å²) in [4.78, 5) is 28.3. The average molecular weight is 382 g/mol. The number of benzene rings is 2. The van der Waals surface area contributed by atoms with Crippen molar-refractivity contribution in [3.63, 3.8) is 0 Å². The first kappa shape index (κ1) is 17.9. The van der Waals surface area contributed by atoms with Crippen molar-refractivity contribution >= 4 is 40.6 Å². The van der Waals surface area contributed by atoms with Crippen LogP contribution in [-0.4, -0.2) is 31.7 Å². The van der Waals surface area contributed by atoms with Crippen LogP contribution >= 0.6 is 11.8 Å². The van der Waals surface area contributed by atoms with Crippen LogP contribution in [0.4, 0.5) is 17.1 Å². The van der Waals surface area contributed by atoms with Crippen LogP contribution < -0.4 is 15.1 Å². The first-order chi connectivity index (χ1) is 13.0. The van der Waals surface area contributed by atoms with Crippen molar-refractivity contribution in [2.24, 2.45) is 5.92 Å². The van der Waals surface area contributed by atoms with Gasteiger partial charge in [0.15, 0.2) is 0 Å². The maximum absolute atomic E-state index is 12.5. The third-order valence-corrected chi connectivity index (χ3v) is 6.14. The highest BCUT2D eigenvalue weighted by Gasteiger charge is 2.34. The summed E-state index contributed by atoms with van der Waals surface area (Å²) in [7, 11) is 4.00. The van der Waals surface area contributed by atoms with Crippen LogP contribution in [-0.2, 0) is 9.59 Å². The summed E-state index contributed by atoms with van der Waals surface area (Å²) < 4.78 is 0. The second-order valence-corrected chi connectivity index (χ2v) is 8.29. The van der Waals surface area contributed by atoms with E-state index in [2.05, 4.69) is 5.32 Å². The number of carbonyl (C=O) groups is 2. The van der Waals surface area contributed by atoms with Gasteiger partial charge in [-0.15, -0.1) is 11.8 Å². The second-order valence-electron chi connectivity index (χ2n) is 7.22. The van der Waals surface area contributed by atoms with Crippen molar-refractivity contribution in [3.8, 4) is 0 Å². The molecule has 140 valence electrons. The molecule has 1 atom stereocenters. The fourth-order valence-corrected chi connectivity index (χ4v) is 4.36. The van der Waals surface area contributed by atoms with E-state index in [9.17, 15) is 9.59 Å². The van der Waals surface area contributed by atoms with Crippen molar-refractivity contribution in [3.05, 3.63) is 54.1 Å². The summed E-state index contributed by atoms with van der Waals surface area (Å²) in [6.45, 7) is 0. The van der Waals surface area contributed by atoms with Gasteiger partial charge in [-0.3, -0.25) is 14.5 Å². The minimum absolute atomic E-state index is 0.0455. The van der Waals surface area contributed by atoms with E-state index in [-0.39, 0.29) is 23.1 Å². The van der Waals surface area contributed by atoms with Gasteiger partial charge in [0, 0.05) is 37.1 Å². The Morgan fingerprint density at radius 1 is 1.07 bits per heavy atom. The van der Waals surface area contributed by atoms with Crippen LogP contribution in [0.1, 0.15) is 23.8 Å². The third-order valence-electron chi connectivity index (χ3n) is 4.92. The molecule has 2 amide bonds. The maximum atomic E-state index is 12.5. The number of amides is 2. The zero-order chi connectivity index (χ0) is 19.0. The lowest BCUT2D eigenvalue weighted by molar-refractivity contribution is -0.117. The molecule has 0 aromatic heterocycles. The molecule has 2 aromatic carbocycles. The van der Waals surface area contributed by atoms with Crippen molar-refractivity contribution in [2.75, 3.05) is 35.0 Å². The number of hydrogen-bond acceptors (Lipinski definition) is 4. The maximum Gasteiger partial charge on any atom is 0.238 e. The molecule has 2 aliphatic rings. The Hall–Kier alpha value is -2.47. The van der Waals surface area contributed by atoms with Crippen molar-refractivity contribution < 1.29 is 9.59 Å². The molecular formula is C21H23N3O2S. The number of nitrogens with zero attached hydrogens (tertiary/aromatic N) is 2. The van der Waals surface area contributed by atoms with Gasteiger partial charge in [-0.25, -0.2) is 0 Å². The highest BCUT2D eigenvalue weighted by Crippen LogP contribution is 2.42. The van der Waals surface area contributed by atoms with Gasteiger partial charge in [0.2, 0.25) is 11.8 Å². The molecule has 0 bridgehead atoms. The van der Waals surface area contributed by atoms with Gasteiger partial charge in [-0.05, 0) is 54.8 Å². The van der Waals surface area contributed by atoms with Crippen molar-refractivity contribution in [1.29, 1.82) is 0 Å². The summed E-state index contributed by atoms with van der Waals surface area (Å²) in [5, 5.41) is 2.91. The number of anilines is 3. The summed E-state index contributed by atoms with van der Waals surface area (Å²) in [5.41, 5.74) is 3.89. The predicted octanol–water partition coefficient (Wildman–Crippen LogP) is 3.88. The van der Waals surface area contributed by atoms with Gasteiger partial charge in [0.1, 0.15) is 5.37 Å².